The number of nitrogens with two attached hydrogens (primary N) is 1. The highest BCUT2D eigenvalue weighted by Gasteiger charge is 2.39. The molecular formula is C22H24N4O3. The van der Waals surface area contributed by atoms with Gasteiger partial charge in [0.15, 0.2) is 0 Å². The molecule has 0 unspecified atom stereocenters. The highest BCUT2D eigenvalue weighted by molar-refractivity contribution is 5.98. The molecule has 1 aliphatic rings. The third-order valence-corrected chi connectivity index (χ3v) is 5.49. The van der Waals surface area contributed by atoms with Crippen molar-refractivity contribution < 1.29 is 14.3 Å². The second-order valence-corrected chi connectivity index (χ2v) is 7.51. The number of rotatable bonds is 6. The molecule has 1 aromatic heterocycles. The Morgan fingerprint density at radius 3 is 2.59 bits per heavy atom. The first-order valence-electron chi connectivity index (χ1n) is 9.62. The van der Waals surface area contributed by atoms with Crippen LogP contribution in [0.1, 0.15) is 35.2 Å². The van der Waals surface area contributed by atoms with E-state index < -0.39 is 0 Å². The summed E-state index contributed by atoms with van der Waals surface area (Å²) < 4.78 is 6.59. The molecule has 0 radical (unpaired) electrons. The highest BCUT2D eigenvalue weighted by Crippen LogP contribution is 2.42. The summed E-state index contributed by atoms with van der Waals surface area (Å²) in [6, 6.07) is 13.6. The molecule has 3 aromatic rings. The Bertz CT molecular complexity index is 1080. The molecule has 3 N–H and O–H groups in total. The standard InChI is InChI=1S/C22H24N4O3/c1-26-18-8-5-15(21(28)24-12-9-19(27)29-2)13-17(18)25-20(26)14-3-6-16(7-4-14)22(23)10-11-22/h3-8,13H,9-12,23H2,1-2H3,(H,24,28). The quantitative estimate of drug-likeness (QED) is 0.628. The number of aryl methyl sites for hydroxylation is 1. The van der Waals surface area contributed by atoms with Gasteiger partial charge in [0.2, 0.25) is 0 Å². The normalized spacial score (nSPS) is 14.6. The minimum atomic E-state index is -0.358. The van der Waals surface area contributed by atoms with Crippen molar-refractivity contribution in [3.05, 3.63) is 53.6 Å². The number of carbonyl (C=O) groups excluding carboxylic acids is 2. The lowest BCUT2D eigenvalue weighted by atomic mass is 10.0. The Morgan fingerprint density at radius 1 is 1.21 bits per heavy atom. The number of fused-ring (bicyclic) bond motifs is 1. The van der Waals surface area contributed by atoms with Gasteiger partial charge in [-0.05, 0) is 36.6 Å². The number of methoxy groups -OCH3 is 1. The second-order valence-electron chi connectivity index (χ2n) is 7.51. The Balaban J connectivity index is 1.55. The maximum Gasteiger partial charge on any atom is 0.307 e. The number of hydrogen-bond acceptors (Lipinski definition) is 5. The third-order valence-electron chi connectivity index (χ3n) is 5.49. The van der Waals surface area contributed by atoms with Gasteiger partial charge in [-0.1, -0.05) is 24.3 Å². The summed E-state index contributed by atoms with van der Waals surface area (Å²) in [5.41, 5.74) is 10.5. The van der Waals surface area contributed by atoms with Gasteiger partial charge >= 0.3 is 5.97 Å². The van der Waals surface area contributed by atoms with Crippen molar-refractivity contribution in [2.75, 3.05) is 13.7 Å². The summed E-state index contributed by atoms with van der Waals surface area (Å²) >= 11 is 0. The third kappa shape index (κ3) is 3.73. The van der Waals surface area contributed by atoms with E-state index in [1.165, 1.54) is 7.11 Å². The van der Waals surface area contributed by atoms with Crippen LogP contribution in [-0.4, -0.2) is 35.1 Å². The van der Waals surface area contributed by atoms with Crippen molar-refractivity contribution in [3.8, 4) is 11.4 Å². The van der Waals surface area contributed by atoms with Gasteiger partial charge in [-0.3, -0.25) is 9.59 Å². The monoisotopic (exact) mass is 392 g/mol. The summed E-state index contributed by atoms with van der Waals surface area (Å²) in [7, 11) is 3.28. The largest absolute Gasteiger partial charge is 0.469 e. The van der Waals surface area contributed by atoms with Gasteiger partial charge < -0.3 is 20.4 Å². The average Bonchev–Trinajstić information content (AvgIpc) is 3.41. The fraction of sp³-hybridized carbons (Fsp3) is 0.318. The van der Waals surface area contributed by atoms with Crippen LogP contribution in [0.25, 0.3) is 22.4 Å². The van der Waals surface area contributed by atoms with Crippen molar-refractivity contribution in [2.45, 2.75) is 24.8 Å². The number of esters is 1. The zero-order valence-electron chi connectivity index (χ0n) is 16.6. The van der Waals surface area contributed by atoms with Crippen molar-refractivity contribution >= 4 is 22.9 Å². The lowest BCUT2D eigenvalue weighted by molar-refractivity contribution is -0.140. The van der Waals surface area contributed by atoms with Crippen LogP contribution in [0.5, 0.6) is 0 Å². The van der Waals surface area contributed by atoms with Crippen LogP contribution in [0.2, 0.25) is 0 Å². The minimum Gasteiger partial charge on any atom is -0.469 e. The molecule has 150 valence electrons. The number of nitrogens with zero attached hydrogens (tertiary/aromatic N) is 2. The minimum absolute atomic E-state index is 0.137. The van der Waals surface area contributed by atoms with E-state index in [2.05, 4.69) is 22.2 Å². The molecule has 0 saturated heterocycles. The zero-order valence-corrected chi connectivity index (χ0v) is 16.6. The summed E-state index contributed by atoms with van der Waals surface area (Å²) in [4.78, 5) is 28.2. The van der Waals surface area contributed by atoms with E-state index in [4.69, 9.17) is 10.7 Å². The van der Waals surface area contributed by atoms with Crippen LogP contribution >= 0.6 is 0 Å². The van der Waals surface area contributed by atoms with Crippen molar-refractivity contribution in [1.29, 1.82) is 0 Å². The van der Waals surface area contributed by atoms with E-state index in [-0.39, 0.29) is 30.4 Å². The van der Waals surface area contributed by atoms with Gasteiger partial charge in [0, 0.05) is 30.3 Å². The molecule has 7 nitrogen and oxygen atoms in total. The number of amides is 1. The molecule has 1 aliphatic carbocycles. The SMILES string of the molecule is COC(=O)CCNC(=O)c1ccc2c(c1)nc(-c1ccc(C3(N)CC3)cc1)n2C. The molecule has 4 rings (SSSR count). The van der Waals surface area contributed by atoms with E-state index in [0.29, 0.717) is 5.56 Å². The summed E-state index contributed by atoms with van der Waals surface area (Å²) in [5, 5.41) is 2.72. The number of benzene rings is 2. The Kier molecular flexibility index (Phi) is 4.84. The van der Waals surface area contributed by atoms with Crippen molar-refractivity contribution in [2.24, 2.45) is 12.8 Å². The Labute approximate surface area is 168 Å². The van der Waals surface area contributed by atoms with E-state index in [1.54, 1.807) is 12.1 Å². The van der Waals surface area contributed by atoms with Gasteiger partial charge in [0.25, 0.3) is 5.91 Å². The van der Waals surface area contributed by atoms with Crippen LogP contribution in [0.4, 0.5) is 0 Å². The summed E-state index contributed by atoms with van der Waals surface area (Å²) in [5.74, 6) is 0.227. The summed E-state index contributed by atoms with van der Waals surface area (Å²) in [6.45, 7) is 0.228. The molecule has 1 fully saturated rings. The van der Waals surface area contributed by atoms with Gasteiger partial charge in [-0.2, -0.15) is 0 Å². The van der Waals surface area contributed by atoms with E-state index >= 15 is 0 Å². The smallest absolute Gasteiger partial charge is 0.307 e. The van der Waals surface area contributed by atoms with Crippen LogP contribution in [0.3, 0.4) is 0 Å². The molecular weight excluding hydrogens is 368 g/mol. The predicted octanol–water partition coefficient (Wildman–Crippen LogP) is 2.48. The number of imidazole rings is 1. The number of carbonyl (C=O) groups is 2. The van der Waals surface area contributed by atoms with E-state index in [9.17, 15) is 9.59 Å². The van der Waals surface area contributed by atoms with E-state index in [0.717, 1.165) is 40.8 Å². The maximum atomic E-state index is 12.3. The molecule has 7 heteroatoms. The molecule has 1 amide bonds. The van der Waals surface area contributed by atoms with Gasteiger partial charge in [-0.15, -0.1) is 0 Å². The Morgan fingerprint density at radius 2 is 1.93 bits per heavy atom. The first-order chi connectivity index (χ1) is 13.9. The first-order valence-corrected chi connectivity index (χ1v) is 9.62. The molecule has 0 spiro atoms. The van der Waals surface area contributed by atoms with Crippen LogP contribution in [0.15, 0.2) is 42.5 Å². The number of ether oxygens (including phenoxy) is 1. The maximum absolute atomic E-state index is 12.3. The summed E-state index contributed by atoms with van der Waals surface area (Å²) in [6.07, 6.45) is 2.20. The Hall–Kier alpha value is -3.19. The average molecular weight is 392 g/mol. The second kappa shape index (κ2) is 7.33. The number of hydrogen-bond donors (Lipinski definition) is 2. The van der Waals surface area contributed by atoms with Crippen LogP contribution < -0.4 is 11.1 Å². The van der Waals surface area contributed by atoms with Crippen LogP contribution in [-0.2, 0) is 22.1 Å². The van der Waals surface area contributed by atoms with E-state index in [1.807, 2.05) is 29.8 Å². The highest BCUT2D eigenvalue weighted by atomic mass is 16.5. The predicted molar refractivity (Wildman–Crippen MR) is 110 cm³/mol. The number of nitrogens with one attached hydrogen (secondary N) is 1. The van der Waals surface area contributed by atoms with Crippen LogP contribution in [0, 0.1) is 0 Å². The zero-order chi connectivity index (χ0) is 20.6. The fourth-order valence-corrected chi connectivity index (χ4v) is 3.46. The lowest BCUT2D eigenvalue weighted by Crippen LogP contribution is -2.26. The van der Waals surface area contributed by atoms with Gasteiger partial charge in [-0.25, -0.2) is 4.98 Å². The molecule has 2 aromatic carbocycles. The molecule has 1 saturated carbocycles. The molecule has 0 aliphatic heterocycles. The van der Waals surface area contributed by atoms with Crippen molar-refractivity contribution in [1.82, 2.24) is 14.9 Å². The fourth-order valence-electron chi connectivity index (χ4n) is 3.46. The molecule has 0 atom stereocenters. The topological polar surface area (TPSA) is 99.2 Å². The van der Waals surface area contributed by atoms with Crippen molar-refractivity contribution in [3.63, 3.8) is 0 Å². The molecule has 29 heavy (non-hydrogen) atoms. The number of aromatic nitrogens is 2. The molecule has 0 bridgehead atoms. The van der Waals surface area contributed by atoms with Gasteiger partial charge in [0.1, 0.15) is 5.82 Å². The first kappa shape index (κ1) is 19.1. The lowest BCUT2D eigenvalue weighted by Gasteiger charge is -2.10. The van der Waals surface area contributed by atoms with Gasteiger partial charge in [0.05, 0.1) is 24.6 Å². The molecule has 1 heterocycles.